The van der Waals surface area contributed by atoms with Gasteiger partial charge in [0.2, 0.25) is 0 Å². The summed E-state index contributed by atoms with van der Waals surface area (Å²) >= 11 is 0. The minimum atomic E-state index is 0.586. The van der Waals surface area contributed by atoms with Gasteiger partial charge in [0.05, 0.1) is 0 Å². The number of aryl methyl sites for hydroxylation is 1. The van der Waals surface area contributed by atoms with E-state index in [1.54, 1.807) is 4.57 Å². The third-order valence-corrected chi connectivity index (χ3v) is 1.18. The summed E-state index contributed by atoms with van der Waals surface area (Å²) in [6.07, 6.45) is 2.63. The molecule has 0 aliphatic heterocycles. The van der Waals surface area contributed by atoms with Crippen LogP contribution in [0.5, 0.6) is 0 Å². The lowest BCUT2D eigenvalue weighted by molar-refractivity contribution is 0.868. The molecule has 3 heteroatoms. The normalized spacial score (nSPS) is 9.75. The number of nitrogen functional groups attached to an aromatic ring is 1. The van der Waals surface area contributed by atoms with Crippen molar-refractivity contribution < 1.29 is 0 Å². The molecule has 0 saturated heterocycles. The SMILES string of the molecule is Cc1n[c]c(N)n1C. The molecule has 0 unspecified atom stereocenters. The molecule has 1 radical (unpaired) electrons. The van der Waals surface area contributed by atoms with Gasteiger partial charge in [0.1, 0.15) is 17.8 Å². The zero-order valence-electron chi connectivity index (χ0n) is 4.97. The van der Waals surface area contributed by atoms with Crippen molar-refractivity contribution in [2.75, 3.05) is 5.73 Å². The third kappa shape index (κ3) is 0.559. The standard InChI is InChI=1S/C5H8N3/c1-4-7-3-5(6)8(4)2/h6H2,1-2H3. The van der Waals surface area contributed by atoms with Crippen molar-refractivity contribution in [1.82, 2.24) is 9.55 Å². The molecule has 0 aliphatic rings. The van der Waals surface area contributed by atoms with Gasteiger partial charge in [-0.25, -0.2) is 4.98 Å². The third-order valence-electron chi connectivity index (χ3n) is 1.18. The minimum Gasteiger partial charge on any atom is -0.383 e. The fraction of sp³-hybridized carbons (Fsp3) is 0.400. The van der Waals surface area contributed by atoms with E-state index >= 15 is 0 Å². The van der Waals surface area contributed by atoms with Crippen molar-refractivity contribution in [3.63, 3.8) is 0 Å². The van der Waals surface area contributed by atoms with E-state index < -0.39 is 0 Å². The fourth-order valence-electron chi connectivity index (χ4n) is 0.462. The predicted molar refractivity (Wildman–Crippen MR) is 31.2 cm³/mol. The van der Waals surface area contributed by atoms with Crippen LogP contribution in [0.2, 0.25) is 0 Å². The second kappa shape index (κ2) is 1.51. The smallest absolute Gasteiger partial charge is 0.135 e. The molecule has 1 rings (SSSR count). The van der Waals surface area contributed by atoms with Gasteiger partial charge in [-0.1, -0.05) is 0 Å². The van der Waals surface area contributed by atoms with Gasteiger partial charge in [0, 0.05) is 7.05 Å². The highest BCUT2D eigenvalue weighted by molar-refractivity contribution is 5.24. The molecule has 0 saturated carbocycles. The van der Waals surface area contributed by atoms with E-state index in [9.17, 15) is 0 Å². The first-order valence-electron chi connectivity index (χ1n) is 2.38. The second-order valence-electron chi connectivity index (χ2n) is 1.72. The van der Waals surface area contributed by atoms with Crippen LogP contribution in [0.4, 0.5) is 5.82 Å². The molecule has 8 heavy (non-hydrogen) atoms. The van der Waals surface area contributed by atoms with Gasteiger partial charge in [0.15, 0.2) is 0 Å². The van der Waals surface area contributed by atoms with Gasteiger partial charge < -0.3 is 10.3 Å². The van der Waals surface area contributed by atoms with Gasteiger partial charge in [-0.15, -0.1) is 0 Å². The van der Waals surface area contributed by atoms with Gasteiger partial charge in [-0.3, -0.25) is 0 Å². The molecule has 0 fully saturated rings. The summed E-state index contributed by atoms with van der Waals surface area (Å²) in [7, 11) is 1.86. The Morgan fingerprint density at radius 3 is 2.50 bits per heavy atom. The Bertz CT molecular complexity index is 170. The fourth-order valence-corrected chi connectivity index (χ4v) is 0.462. The molecular weight excluding hydrogens is 102 g/mol. The first-order valence-corrected chi connectivity index (χ1v) is 2.38. The van der Waals surface area contributed by atoms with Crippen LogP contribution in [0.15, 0.2) is 0 Å². The highest BCUT2D eigenvalue weighted by Crippen LogP contribution is 1.99. The molecule has 1 heterocycles. The summed E-state index contributed by atoms with van der Waals surface area (Å²) in [5, 5.41) is 0. The molecule has 43 valence electrons. The molecular formula is C5H8N3. The molecule has 0 aromatic carbocycles. The zero-order chi connectivity index (χ0) is 6.15. The lowest BCUT2D eigenvalue weighted by Gasteiger charge is -1.93. The first kappa shape index (κ1) is 5.15. The number of hydrogen-bond acceptors (Lipinski definition) is 2. The van der Waals surface area contributed by atoms with E-state index in [1.165, 1.54) is 0 Å². The van der Waals surface area contributed by atoms with E-state index in [0.29, 0.717) is 5.82 Å². The van der Waals surface area contributed by atoms with Gasteiger partial charge in [-0.05, 0) is 6.92 Å². The van der Waals surface area contributed by atoms with Crippen LogP contribution < -0.4 is 5.73 Å². The molecule has 0 bridgehead atoms. The van der Waals surface area contributed by atoms with E-state index in [1.807, 2.05) is 14.0 Å². The number of nitrogens with zero attached hydrogens (tertiary/aromatic N) is 2. The van der Waals surface area contributed by atoms with Crippen LogP contribution in [0.25, 0.3) is 0 Å². The Labute approximate surface area is 48.1 Å². The Morgan fingerprint density at radius 1 is 1.75 bits per heavy atom. The summed E-state index contributed by atoms with van der Waals surface area (Å²) in [4.78, 5) is 3.83. The van der Waals surface area contributed by atoms with Gasteiger partial charge in [-0.2, -0.15) is 0 Å². The molecule has 0 aliphatic carbocycles. The molecule has 1 aromatic heterocycles. The maximum Gasteiger partial charge on any atom is 0.135 e. The maximum atomic E-state index is 5.39. The number of rotatable bonds is 0. The van der Waals surface area contributed by atoms with Crippen LogP contribution in [0, 0.1) is 13.1 Å². The lowest BCUT2D eigenvalue weighted by atomic mass is 10.7. The lowest BCUT2D eigenvalue weighted by Crippen LogP contribution is -1.96. The Balaban J connectivity index is 3.19. The summed E-state index contributed by atoms with van der Waals surface area (Å²) in [5.41, 5.74) is 5.39. The molecule has 2 N–H and O–H groups in total. The van der Waals surface area contributed by atoms with Crippen molar-refractivity contribution in [3.8, 4) is 0 Å². The highest BCUT2D eigenvalue weighted by atomic mass is 15.1. The minimum absolute atomic E-state index is 0.586. The summed E-state index contributed by atoms with van der Waals surface area (Å²) < 4.78 is 1.78. The monoisotopic (exact) mass is 110 g/mol. The van der Waals surface area contributed by atoms with E-state index in [4.69, 9.17) is 5.73 Å². The topological polar surface area (TPSA) is 43.8 Å². The highest BCUT2D eigenvalue weighted by Gasteiger charge is 1.94. The van der Waals surface area contributed by atoms with Gasteiger partial charge in [0.25, 0.3) is 0 Å². The number of anilines is 1. The molecule has 0 atom stereocenters. The average Bonchev–Trinajstić information content (AvgIpc) is 1.98. The predicted octanol–water partition coefficient (Wildman–Crippen LogP) is 0.111. The van der Waals surface area contributed by atoms with Crippen molar-refractivity contribution in [2.45, 2.75) is 6.92 Å². The van der Waals surface area contributed by atoms with Gasteiger partial charge >= 0.3 is 0 Å². The number of nitrogens with two attached hydrogens (primary N) is 1. The first-order chi connectivity index (χ1) is 3.72. The zero-order valence-corrected chi connectivity index (χ0v) is 4.97. The van der Waals surface area contributed by atoms with Crippen LogP contribution in [-0.4, -0.2) is 9.55 Å². The van der Waals surface area contributed by atoms with E-state index in [-0.39, 0.29) is 0 Å². The summed E-state index contributed by atoms with van der Waals surface area (Å²) in [6, 6.07) is 0. The number of hydrogen-bond donors (Lipinski definition) is 1. The van der Waals surface area contributed by atoms with Crippen LogP contribution >= 0.6 is 0 Å². The summed E-state index contributed by atoms with van der Waals surface area (Å²) in [5.74, 6) is 1.48. The average molecular weight is 110 g/mol. The van der Waals surface area contributed by atoms with Crippen LogP contribution in [-0.2, 0) is 7.05 Å². The second-order valence-corrected chi connectivity index (χ2v) is 1.72. The summed E-state index contributed by atoms with van der Waals surface area (Å²) in [6.45, 7) is 1.88. The maximum absolute atomic E-state index is 5.39. The Hall–Kier alpha value is -0.990. The molecule has 3 nitrogen and oxygen atoms in total. The van der Waals surface area contributed by atoms with Crippen molar-refractivity contribution >= 4 is 5.82 Å². The van der Waals surface area contributed by atoms with Crippen molar-refractivity contribution in [2.24, 2.45) is 7.05 Å². The van der Waals surface area contributed by atoms with Crippen LogP contribution in [0.3, 0.4) is 0 Å². The number of aromatic nitrogens is 2. The molecule has 0 spiro atoms. The van der Waals surface area contributed by atoms with E-state index in [0.717, 1.165) is 5.82 Å². The Morgan fingerprint density at radius 2 is 2.38 bits per heavy atom. The quantitative estimate of drug-likeness (QED) is 0.515. The molecule has 0 amide bonds. The Kier molecular flexibility index (Phi) is 0.970. The van der Waals surface area contributed by atoms with Crippen molar-refractivity contribution in [1.29, 1.82) is 0 Å². The largest absolute Gasteiger partial charge is 0.383 e. The van der Waals surface area contributed by atoms with Crippen molar-refractivity contribution in [3.05, 3.63) is 12.0 Å². The van der Waals surface area contributed by atoms with E-state index in [2.05, 4.69) is 11.2 Å². The molecule has 1 aromatic rings. The number of imidazole rings is 1. The van der Waals surface area contributed by atoms with Crippen LogP contribution in [0.1, 0.15) is 5.82 Å².